The van der Waals surface area contributed by atoms with Crippen molar-refractivity contribution in [3.05, 3.63) is 230 Å². The molecule has 0 bridgehead atoms. The molecule has 0 aliphatic heterocycles. The first kappa shape index (κ1) is 40.4. The van der Waals surface area contributed by atoms with E-state index in [0.717, 1.165) is 94.4 Å². The van der Waals surface area contributed by atoms with Crippen LogP contribution < -0.4 is 0 Å². The largest absolute Gasteiger partial charge is 0.417 e. The fourth-order valence-corrected chi connectivity index (χ4v) is 9.94. The Hall–Kier alpha value is -9.06. The molecule has 0 fully saturated rings. The molecule has 0 amide bonds. The van der Waals surface area contributed by atoms with Gasteiger partial charge in [-0.25, -0.2) is 0 Å². The van der Waals surface area contributed by atoms with Gasteiger partial charge in [0.25, 0.3) is 0 Å². The van der Waals surface area contributed by atoms with Crippen molar-refractivity contribution in [2.45, 2.75) is 6.18 Å². The van der Waals surface area contributed by atoms with Crippen molar-refractivity contribution >= 4 is 43.6 Å². The SMILES string of the molecule is N#Cc1c(-n2c3ccccc3c3ccc(-c4cccnc4-c4ccccc4)cc32)cc(-c2ccccc2C(F)(F)F)cc1-n1c2ccccc2c2ccc(-c3cccnc3-c3ccccc3)cc21. The number of fused-ring (bicyclic) bond motifs is 6. The number of para-hydroxylation sites is 2. The third-order valence-corrected chi connectivity index (χ3v) is 12.9. The lowest BCUT2D eigenvalue weighted by Crippen LogP contribution is -2.09. The smallest absolute Gasteiger partial charge is 0.308 e. The van der Waals surface area contributed by atoms with Crippen molar-refractivity contribution in [1.29, 1.82) is 5.26 Å². The van der Waals surface area contributed by atoms with Crippen LogP contribution in [0, 0.1) is 11.3 Å². The van der Waals surface area contributed by atoms with Crippen molar-refractivity contribution in [1.82, 2.24) is 19.1 Å². The number of pyridine rings is 2. The standard InChI is InChI=1S/C60H36F3N5/c61-60(62,63)51-24-10-7-19-43(51)42-35-56(67-52-25-11-8-20-46(52)48-29-27-40(33-54(48)67)44-22-13-31-65-58(44)38-15-3-1-4-16-38)50(37-64)57(36-42)68-53-26-12-9-21-47(53)49-30-28-41(34-55(49)68)45-23-14-32-66-59(45)39-17-5-2-6-18-39/h1-36H. The molecule has 0 aliphatic rings. The summed E-state index contributed by atoms with van der Waals surface area (Å²) in [4.78, 5) is 9.63. The predicted molar refractivity (Wildman–Crippen MR) is 268 cm³/mol. The Morgan fingerprint density at radius 2 is 0.809 bits per heavy atom. The number of halogens is 3. The molecule has 0 unspecified atom stereocenters. The fraction of sp³-hybridized carbons (Fsp3) is 0.0167. The fourth-order valence-electron chi connectivity index (χ4n) is 9.94. The van der Waals surface area contributed by atoms with Gasteiger partial charge in [0, 0.05) is 56.2 Å². The topological polar surface area (TPSA) is 59.4 Å². The first-order valence-corrected chi connectivity index (χ1v) is 22.2. The van der Waals surface area contributed by atoms with Crippen molar-refractivity contribution in [3.63, 3.8) is 0 Å². The van der Waals surface area contributed by atoms with Crippen molar-refractivity contribution in [3.8, 4) is 73.3 Å². The van der Waals surface area contributed by atoms with Crippen LogP contribution in [0.1, 0.15) is 11.1 Å². The highest BCUT2D eigenvalue weighted by molar-refractivity contribution is 6.12. The number of aromatic nitrogens is 4. The highest BCUT2D eigenvalue weighted by Gasteiger charge is 2.34. The summed E-state index contributed by atoms with van der Waals surface area (Å²) in [6.07, 6.45) is -1.10. The number of benzene rings is 8. The Labute approximate surface area is 388 Å². The van der Waals surface area contributed by atoms with Gasteiger partial charge < -0.3 is 9.13 Å². The van der Waals surface area contributed by atoms with E-state index >= 15 is 13.2 Å². The number of nitriles is 1. The molecule has 0 saturated heterocycles. The lowest BCUT2D eigenvalue weighted by Gasteiger charge is -2.20. The van der Waals surface area contributed by atoms with Gasteiger partial charge in [0.05, 0.1) is 50.4 Å². The molecule has 0 atom stereocenters. The molecule has 8 aromatic carbocycles. The molecular weight excluding hydrogens is 848 g/mol. The zero-order valence-electron chi connectivity index (χ0n) is 36.2. The molecule has 12 aromatic rings. The van der Waals surface area contributed by atoms with E-state index in [2.05, 4.69) is 42.5 Å². The summed E-state index contributed by atoms with van der Waals surface area (Å²) >= 11 is 0. The Morgan fingerprint density at radius 3 is 1.29 bits per heavy atom. The molecule has 5 nitrogen and oxygen atoms in total. The normalized spacial score (nSPS) is 11.7. The molecule has 8 heteroatoms. The van der Waals surface area contributed by atoms with Gasteiger partial charge in [0.1, 0.15) is 11.6 Å². The van der Waals surface area contributed by atoms with Gasteiger partial charge in [-0.1, -0.05) is 152 Å². The Kier molecular flexibility index (Phi) is 9.59. The molecule has 0 N–H and O–H groups in total. The Bertz CT molecular complexity index is 3750. The van der Waals surface area contributed by atoms with E-state index in [-0.39, 0.29) is 11.1 Å². The lowest BCUT2D eigenvalue weighted by atomic mass is 9.95. The molecule has 4 aromatic heterocycles. The summed E-state index contributed by atoms with van der Waals surface area (Å²) in [7, 11) is 0. The van der Waals surface area contributed by atoms with E-state index in [4.69, 9.17) is 9.97 Å². The number of hydrogen-bond donors (Lipinski definition) is 0. The minimum absolute atomic E-state index is 0.000581. The van der Waals surface area contributed by atoms with Gasteiger partial charge in [0.15, 0.2) is 0 Å². The molecule has 12 rings (SSSR count). The predicted octanol–water partition coefficient (Wildman–Crippen LogP) is 15.9. The summed E-state index contributed by atoms with van der Waals surface area (Å²) < 4.78 is 49.4. The van der Waals surface area contributed by atoms with Crippen molar-refractivity contribution in [2.24, 2.45) is 0 Å². The van der Waals surface area contributed by atoms with Gasteiger partial charge in [-0.3, -0.25) is 9.97 Å². The van der Waals surface area contributed by atoms with E-state index in [9.17, 15) is 5.26 Å². The van der Waals surface area contributed by atoms with Crippen LogP contribution in [-0.4, -0.2) is 19.1 Å². The number of nitrogens with zero attached hydrogens (tertiary/aromatic N) is 5. The lowest BCUT2D eigenvalue weighted by molar-refractivity contribution is -0.137. The Balaban J connectivity index is 1.19. The van der Waals surface area contributed by atoms with Crippen molar-refractivity contribution < 1.29 is 13.2 Å². The molecule has 0 aliphatic carbocycles. The molecule has 68 heavy (non-hydrogen) atoms. The Morgan fingerprint density at radius 1 is 0.382 bits per heavy atom. The zero-order valence-corrected chi connectivity index (χ0v) is 36.2. The van der Waals surface area contributed by atoms with Gasteiger partial charge >= 0.3 is 6.18 Å². The second-order valence-corrected chi connectivity index (χ2v) is 16.7. The first-order valence-electron chi connectivity index (χ1n) is 22.2. The van der Waals surface area contributed by atoms with E-state index in [1.807, 2.05) is 143 Å². The molecule has 4 heterocycles. The van der Waals surface area contributed by atoms with Crippen molar-refractivity contribution in [2.75, 3.05) is 0 Å². The van der Waals surface area contributed by atoms with Crippen LogP contribution in [-0.2, 0) is 6.18 Å². The quantitative estimate of drug-likeness (QED) is 0.160. The minimum Gasteiger partial charge on any atom is -0.308 e. The average Bonchev–Trinajstić information content (AvgIpc) is 3.90. The number of hydrogen-bond acceptors (Lipinski definition) is 3. The van der Waals surface area contributed by atoms with Gasteiger partial charge in [0.2, 0.25) is 0 Å². The summed E-state index contributed by atoms with van der Waals surface area (Å²) in [5.41, 5.74) is 11.0. The monoisotopic (exact) mass is 883 g/mol. The summed E-state index contributed by atoms with van der Waals surface area (Å²) in [5, 5.41) is 15.4. The number of alkyl halides is 3. The summed E-state index contributed by atoms with van der Waals surface area (Å²) in [6, 6.07) is 68.1. The number of rotatable bonds is 7. The van der Waals surface area contributed by atoms with E-state index < -0.39 is 11.7 Å². The third-order valence-electron chi connectivity index (χ3n) is 12.9. The van der Waals surface area contributed by atoms with Crippen LogP contribution >= 0.6 is 0 Å². The van der Waals surface area contributed by atoms with E-state index in [0.29, 0.717) is 16.9 Å². The van der Waals surface area contributed by atoms with Gasteiger partial charge in [-0.2, -0.15) is 18.4 Å². The van der Waals surface area contributed by atoms with Crippen LogP contribution in [0.3, 0.4) is 0 Å². The maximum Gasteiger partial charge on any atom is 0.417 e. The molecule has 0 radical (unpaired) electrons. The maximum atomic E-state index is 15.1. The van der Waals surface area contributed by atoms with Crippen LogP contribution in [0.5, 0.6) is 0 Å². The molecular formula is C60H36F3N5. The highest BCUT2D eigenvalue weighted by Crippen LogP contribution is 2.45. The van der Waals surface area contributed by atoms with Gasteiger partial charge in [-0.05, 0) is 76.9 Å². The molecule has 322 valence electrons. The summed E-state index contributed by atoms with van der Waals surface area (Å²) in [6.45, 7) is 0. The zero-order chi connectivity index (χ0) is 45.9. The second kappa shape index (κ2) is 16.1. The molecule has 0 spiro atoms. The van der Waals surface area contributed by atoms with Crippen LogP contribution in [0.2, 0.25) is 0 Å². The van der Waals surface area contributed by atoms with E-state index in [1.165, 1.54) is 12.1 Å². The second-order valence-electron chi connectivity index (χ2n) is 16.7. The first-order chi connectivity index (χ1) is 33.4. The molecule has 0 saturated carbocycles. The van der Waals surface area contributed by atoms with Crippen LogP contribution in [0.4, 0.5) is 13.2 Å². The average molecular weight is 884 g/mol. The highest BCUT2D eigenvalue weighted by atomic mass is 19.4. The summed E-state index contributed by atoms with van der Waals surface area (Å²) in [5.74, 6) is 0. The van der Waals surface area contributed by atoms with Gasteiger partial charge in [-0.15, -0.1) is 0 Å². The third kappa shape index (κ3) is 6.63. The van der Waals surface area contributed by atoms with E-state index in [1.54, 1.807) is 30.6 Å². The maximum absolute atomic E-state index is 15.1. The van der Waals surface area contributed by atoms with Crippen LogP contribution in [0.15, 0.2) is 219 Å². The van der Waals surface area contributed by atoms with Crippen LogP contribution in [0.25, 0.3) is 111 Å². The minimum atomic E-state index is -4.66.